The number of aromatic nitrogens is 1. The number of aliphatic hydroxyl groups excluding tert-OH is 1. The maximum Gasteiger partial charge on any atom is 0.296 e. The molecule has 0 saturated carbocycles. The van der Waals surface area contributed by atoms with Crippen LogP contribution in [-0.2, 0) is 16.1 Å². The molecule has 1 atom stereocenters. The Morgan fingerprint density at radius 3 is 2.33 bits per heavy atom. The number of ether oxygens (including phenoxy) is 3. The number of hydrogen-bond donors (Lipinski definition) is 1. The van der Waals surface area contributed by atoms with Crippen molar-refractivity contribution in [3.63, 3.8) is 0 Å². The van der Waals surface area contributed by atoms with Crippen LogP contribution in [-0.4, -0.2) is 47.0 Å². The maximum atomic E-state index is 13.3. The lowest BCUT2D eigenvalue weighted by atomic mass is 9.97. The number of hydrogen-bond acceptors (Lipinski definition) is 7. The van der Waals surface area contributed by atoms with Crippen LogP contribution < -0.4 is 14.2 Å². The predicted octanol–water partition coefficient (Wildman–Crippen LogP) is 4.51. The molecule has 1 unspecified atom stereocenters. The van der Waals surface area contributed by atoms with E-state index in [1.165, 1.54) is 4.90 Å². The summed E-state index contributed by atoms with van der Waals surface area (Å²) in [5, 5.41) is 11.4. The van der Waals surface area contributed by atoms with Gasteiger partial charge in [0.05, 0.1) is 37.2 Å². The summed E-state index contributed by atoms with van der Waals surface area (Å²) in [4.78, 5) is 32.4. The molecule has 36 heavy (non-hydrogen) atoms. The van der Waals surface area contributed by atoms with Crippen molar-refractivity contribution in [2.45, 2.75) is 26.4 Å². The molecule has 0 spiro atoms. The van der Waals surface area contributed by atoms with Gasteiger partial charge >= 0.3 is 0 Å². The predicted molar refractivity (Wildman–Crippen MR) is 134 cm³/mol. The van der Waals surface area contributed by atoms with Crippen molar-refractivity contribution in [2.24, 2.45) is 0 Å². The minimum atomic E-state index is -0.880. The Morgan fingerprint density at radius 2 is 1.69 bits per heavy atom. The van der Waals surface area contributed by atoms with Gasteiger partial charge in [-0.05, 0) is 55.8 Å². The number of pyridine rings is 1. The standard InChI is InChI=1S/C28H28N2O6/c1-4-35-20-13-14-21(23(16-20)36-5-2)26(31)24-25(22-8-6-7-15-29-22)30(28(33)27(24)32)17-18-9-11-19(34-3)12-10-18/h6-16,25,31H,4-5,17H2,1-3H3/b26-24-. The molecule has 0 aliphatic carbocycles. The summed E-state index contributed by atoms with van der Waals surface area (Å²) in [6.07, 6.45) is 1.59. The minimum absolute atomic E-state index is 0.0441. The van der Waals surface area contributed by atoms with Gasteiger partial charge in [-0.15, -0.1) is 0 Å². The van der Waals surface area contributed by atoms with Crippen LogP contribution in [0.4, 0.5) is 0 Å². The number of aliphatic hydroxyl groups is 1. The first-order valence-corrected chi connectivity index (χ1v) is 11.7. The maximum absolute atomic E-state index is 13.3. The van der Waals surface area contributed by atoms with Gasteiger partial charge < -0.3 is 24.2 Å². The van der Waals surface area contributed by atoms with Crippen molar-refractivity contribution in [3.8, 4) is 17.2 Å². The first-order chi connectivity index (χ1) is 17.5. The highest BCUT2D eigenvalue weighted by Crippen LogP contribution is 2.41. The van der Waals surface area contributed by atoms with Gasteiger partial charge in [-0.2, -0.15) is 0 Å². The molecule has 0 bridgehead atoms. The van der Waals surface area contributed by atoms with Crippen LogP contribution in [0.1, 0.15) is 36.7 Å². The van der Waals surface area contributed by atoms with Crippen molar-refractivity contribution in [2.75, 3.05) is 20.3 Å². The highest BCUT2D eigenvalue weighted by Gasteiger charge is 2.47. The zero-order valence-electron chi connectivity index (χ0n) is 20.4. The second kappa shape index (κ2) is 10.9. The molecular weight excluding hydrogens is 460 g/mol. The fourth-order valence-electron chi connectivity index (χ4n) is 4.19. The van der Waals surface area contributed by atoms with Gasteiger partial charge in [0.2, 0.25) is 0 Å². The lowest BCUT2D eigenvalue weighted by molar-refractivity contribution is -0.140. The smallest absolute Gasteiger partial charge is 0.296 e. The van der Waals surface area contributed by atoms with Crippen LogP contribution in [0.25, 0.3) is 5.76 Å². The van der Waals surface area contributed by atoms with E-state index in [2.05, 4.69) is 4.98 Å². The van der Waals surface area contributed by atoms with Gasteiger partial charge in [0.15, 0.2) is 0 Å². The normalized spacial score (nSPS) is 16.8. The number of ketones is 1. The Balaban J connectivity index is 1.83. The van der Waals surface area contributed by atoms with Gasteiger partial charge in [0.1, 0.15) is 29.0 Å². The molecule has 1 aromatic heterocycles. The number of nitrogens with zero attached hydrogens (tertiary/aromatic N) is 2. The SMILES string of the molecule is CCOc1ccc(/C(O)=C2/C(=O)C(=O)N(Cc3ccc(OC)cc3)C2c2ccccn2)c(OCC)c1. The quantitative estimate of drug-likeness (QED) is 0.269. The van der Waals surface area contributed by atoms with E-state index >= 15 is 0 Å². The summed E-state index contributed by atoms with van der Waals surface area (Å²) < 4.78 is 16.5. The Labute approximate surface area is 209 Å². The number of benzene rings is 2. The second-order valence-corrected chi connectivity index (χ2v) is 8.05. The summed E-state index contributed by atoms with van der Waals surface area (Å²) in [5.41, 5.74) is 1.52. The van der Waals surface area contributed by atoms with Crippen LogP contribution in [0.5, 0.6) is 17.2 Å². The van der Waals surface area contributed by atoms with Crippen LogP contribution in [0, 0.1) is 0 Å². The van der Waals surface area contributed by atoms with Crippen molar-refractivity contribution in [3.05, 3.63) is 89.3 Å². The minimum Gasteiger partial charge on any atom is -0.507 e. The zero-order chi connectivity index (χ0) is 25.7. The summed E-state index contributed by atoms with van der Waals surface area (Å²) in [6.45, 7) is 4.64. The molecule has 4 rings (SSSR count). The lowest BCUT2D eigenvalue weighted by Gasteiger charge is -2.25. The molecule has 186 valence electrons. The average Bonchev–Trinajstić information content (AvgIpc) is 3.15. The van der Waals surface area contributed by atoms with Gasteiger partial charge in [-0.3, -0.25) is 14.6 Å². The highest BCUT2D eigenvalue weighted by molar-refractivity contribution is 6.46. The fourth-order valence-corrected chi connectivity index (χ4v) is 4.19. The number of amides is 1. The number of rotatable bonds is 9. The monoisotopic (exact) mass is 488 g/mol. The van der Waals surface area contributed by atoms with E-state index in [0.29, 0.717) is 41.7 Å². The lowest BCUT2D eigenvalue weighted by Crippen LogP contribution is -2.29. The van der Waals surface area contributed by atoms with Gasteiger partial charge in [-0.25, -0.2) is 0 Å². The van der Waals surface area contributed by atoms with Gasteiger partial charge in [-0.1, -0.05) is 18.2 Å². The molecule has 1 N–H and O–H groups in total. The Hall–Kier alpha value is -4.33. The third-order valence-electron chi connectivity index (χ3n) is 5.84. The number of carbonyl (C=O) groups is 2. The number of methoxy groups -OCH3 is 1. The first kappa shape index (κ1) is 24.8. The van der Waals surface area contributed by atoms with Gasteiger partial charge in [0.25, 0.3) is 11.7 Å². The van der Waals surface area contributed by atoms with E-state index in [4.69, 9.17) is 14.2 Å². The van der Waals surface area contributed by atoms with E-state index in [0.717, 1.165) is 5.56 Å². The third kappa shape index (κ3) is 4.88. The van der Waals surface area contributed by atoms with Crippen LogP contribution in [0.3, 0.4) is 0 Å². The molecular formula is C28H28N2O6. The van der Waals surface area contributed by atoms with Gasteiger partial charge in [0, 0.05) is 18.8 Å². The topological polar surface area (TPSA) is 98.2 Å². The Morgan fingerprint density at radius 1 is 0.972 bits per heavy atom. The second-order valence-electron chi connectivity index (χ2n) is 8.05. The molecule has 8 heteroatoms. The number of Topliss-reactive ketones (excluding diaryl/α,β-unsaturated/α-hetero) is 1. The summed E-state index contributed by atoms with van der Waals surface area (Å²) in [5.74, 6) is -0.227. The first-order valence-electron chi connectivity index (χ1n) is 11.7. The van der Waals surface area contributed by atoms with E-state index in [9.17, 15) is 14.7 Å². The molecule has 1 saturated heterocycles. The van der Waals surface area contributed by atoms with Crippen LogP contribution in [0.2, 0.25) is 0 Å². The molecule has 1 aliphatic heterocycles. The molecule has 1 aliphatic rings. The van der Waals surface area contributed by atoms with Crippen molar-refractivity contribution in [1.29, 1.82) is 0 Å². The Bertz CT molecular complexity index is 1270. The van der Waals surface area contributed by atoms with Crippen molar-refractivity contribution < 1.29 is 28.9 Å². The molecule has 2 heterocycles. The molecule has 3 aromatic rings. The highest BCUT2D eigenvalue weighted by atomic mass is 16.5. The summed E-state index contributed by atoms with van der Waals surface area (Å²) in [7, 11) is 1.58. The summed E-state index contributed by atoms with van der Waals surface area (Å²) >= 11 is 0. The Kier molecular flexibility index (Phi) is 7.53. The average molecular weight is 489 g/mol. The van der Waals surface area contributed by atoms with E-state index in [1.807, 2.05) is 26.0 Å². The molecule has 1 fully saturated rings. The largest absolute Gasteiger partial charge is 0.507 e. The van der Waals surface area contributed by atoms with E-state index < -0.39 is 17.7 Å². The van der Waals surface area contributed by atoms with Crippen LogP contribution in [0.15, 0.2) is 72.4 Å². The number of carbonyl (C=O) groups excluding carboxylic acids is 2. The zero-order valence-corrected chi connectivity index (χ0v) is 20.4. The molecule has 2 aromatic carbocycles. The van der Waals surface area contributed by atoms with E-state index in [-0.39, 0.29) is 17.9 Å². The molecule has 8 nitrogen and oxygen atoms in total. The third-order valence-corrected chi connectivity index (χ3v) is 5.84. The van der Waals surface area contributed by atoms with Crippen molar-refractivity contribution >= 4 is 17.4 Å². The van der Waals surface area contributed by atoms with Crippen LogP contribution >= 0.6 is 0 Å². The summed E-state index contributed by atoms with van der Waals surface area (Å²) in [6, 6.07) is 16.6. The fraction of sp³-hybridized carbons (Fsp3) is 0.250. The number of likely N-dealkylation sites (tertiary alicyclic amines) is 1. The van der Waals surface area contributed by atoms with Crippen molar-refractivity contribution in [1.82, 2.24) is 9.88 Å². The molecule has 1 amide bonds. The molecule has 0 radical (unpaired) electrons. The van der Waals surface area contributed by atoms with E-state index in [1.54, 1.807) is 61.8 Å².